The number of piperidine rings is 1. The number of likely N-dealkylation sites (tertiary alicyclic amines) is 1. The Kier molecular flexibility index (Phi) is 6.97. The van der Waals surface area contributed by atoms with Crippen LogP contribution in [0.4, 0.5) is 5.95 Å². The highest BCUT2D eigenvalue weighted by atomic mass is 16.5. The molecule has 31 heavy (non-hydrogen) atoms. The highest BCUT2D eigenvalue weighted by molar-refractivity contribution is 5.40. The predicted octanol–water partition coefficient (Wildman–Crippen LogP) is 3.58. The van der Waals surface area contributed by atoms with Crippen molar-refractivity contribution < 1.29 is 4.74 Å². The molecule has 2 fully saturated rings. The van der Waals surface area contributed by atoms with Crippen molar-refractivity contribution in [1.29, 1.82) is 0 Å². The van der Waals surface area contributed by atoms with Crippen molar-refractivity contribution in [2.24, 2.45) is 0 Å². The zero-order chi connectivity index (χ0) is 21.8. The first-order chi connectivity index (χ1) is 15.0. The summed E-state index contributed by atoms with van der Waals surface area (Å²) in [6, 6.07) is 0. The molecule has 2 aliphatic heterocycles. The van der Waals surface area contributed by atoms with Gasteiger partial charge in [-0.1, -0.05) is 23.3 Å². The molecule has 1 N–H and O–H groups in total. The molecule has 3 heterocycles. The fourth-order valence-electron chi connectivity index (χ4n) is 5.19. The van der Waals surface area contributed by atoms with Crippen LogP contribution in [0.3, 0.4) is 0 Å². The lowest BCUT2D eigenvalue weighted by Crippen LogP contribution is -2.43. The van der Waals surface area contributed by atoms with Gasteiger partial charge in [-0.2, -0.15) is 0 Å². The van der Waals surface area contributed by atoms with Gasteiger partial charge in [-0.15, -0.1) is 0 Å². The molecule has 0 amide bonds. The van der Waals surface area contributed by atoms with Gasteiger partial charge in [-0.05, 0) is 72.4 Å². The fraction of sp³-hybridized carbons (Fsp3) is 0.680. The van der Waals surface area contributed by atoms with E-state index in [4.69, 9.17) is 9.72 Å². The number of nitrogens with one attached hydrogen (secondary N) is 1. The van der Waals surface area contributed by atoms with Crippen LogP contribution in [0, 0.1) is 0 Å². The first-order valence-corrected chi connectivity index (χ1v) is 11.9. The first-order valence-electron chi connectivity index (χ1n) is 11.9. The van der Waals surface area contributed by atoms with Crippen molar-refractivity contribution in [2.75, 3.05) is 50.8 Å². The van der Waals surface area contributed by atoms with Crippen LogP contribution in [0.2, 0.25) is 0 Å². The quantitative estimate of drug-likeness (QED) is 0.705. The average molecular weight is 427 g/mol. The van der Waals surface area contributed by atoms with E-state index in [0.29, 0.717) is 13.2 Å². The normalized spacial score (nSPS) is 21.4. The zero-order valence-electron chi connectivity index (χ0n) is 19.5. The lowest BCUT2D eigenvalue weighted by molar-refractivity contribution is 0.122. The Labute approximate surface area is 186 Å². The van der Waals surface area contributed by atoms with Gasteiger partial charge in [0.05, 0.1) is 18.9 Å². The molecular formula is C25H38N4O2. The van der Waals surface area contributed by atoms with E-state index in [9.17, 15) is 4.79 Å². The molecular weight excluding hydrogens is 388 g/mol. The molecule has 0 radical (unpaired) electrons. The summed E-state index contributed by atoms with van der Waals surface area (Å²) >= 11 is 0. The van der Waals surface area contributed by atoms with Crippen molar-refractivity contribution in [3.63, 3.8) is 0 Å². The van der Waals surface area contributed by atoms with E-state index < -0.39 is 0 Å². The lowest BCUT2D eigenvalue weighted by atomic mass is 9.76. The van der Waals surface area contributed by atoms with Gasteiger partial charge in [0.1, 0.15) is 0 Å². The Morgan fingerprint density at radius 1 is 1.10 bits per heavy atom. The van der Waals surface area contributed by atoms with Gasteiger partial charge in [0.15, 0.2) is 0 Å². The van der Waals surface area contributed by atoms with Crippen LogP contribution in [0.5, 0.6) is 0 Å². The third-order valence-electron chi connectivity index (χ3n) is 7.27. The molecule has 0 unspecified atom stereocenters. The number of ether oxygens (including phenoxy) is 1. The number of nitrogens with zero attached hydrogens (tertiary/aromatic N) is 3. The summed E-state index contributed by atoms with van der Waals surface area (Å²) in [6.45, 7) is 12.8. The number of anilines is 1. The van der Waals surface area contributed by atoms with E-state index >= 15 is 0 Å². The molecule has 6 heteroatoms. The SMILES string of the molecule is CC(C)=CCCC(C)=CCN1CCC2(CCc3c2nc(N2CCOCC2)[nH]c3=O)CC1. The maximum Gasteiger partial charge on any atom is 0.255 e. The zero-order valence-corrected chi connectivity index (χ0v) is 19.5. The van der Waals surface area contributed by atoms with E-state index in [1.165, 1.54) is 11.1 Å². The standard InChI is InChI=1S/C25H38N4O2/c1-19(2)5-4-6-20(3)8-12-28-13-10-25(11-14-28)9-7-21-22(25)26-24(27-23(21)30)29-15-17-31-18-16-29/h5,8H,4,6-7,9-18H2,1-3H3,(H,26,27,30). The molecule has 4 rings (SSSR count). The third kappa shape index (κ3) is 5.12. The van der Waals surface area contributed by atoms with Crippen molar-refractivity contribution in [3.8, 4) is 0 Å². The van der Waals surface area contributed by atoms with Gasteiger partial charge < -0.3 is 9.64 Å². The molecule has 0 saturated carbocycles. The molecule has 3 aliphatic rings. The number of hydrogen-bond acceptors (Lipinski definition) is 5. The minimum Gasteiger partial charge on any atom is -0.378 e. The Balaban J connectivity index is 1.40. The molecule has 0 bridgehead atoms. The summed E-state index contributed by atoms with van der Waals surface area (Å²) in [6.07, 6.45) is 11.1. The molecule has 1 spiro atoms. The number of hydrogen-bond donors (Lipinski definition) is 1. The molecule has 170 valence electrons. The maximum absolute atomic E-state index is 12.8. The van der Waals surface area contributed by atoms with E-state index in [1.807, 2.05) is 0 Å². The van der Waals surface area contributed by atoms with Crippen LogP contribution < -0.4 is 10.5 Å². The van der Waals surface area contributed by atoms with Crippen LogP contribution in [0.1, 0.15) is 64.1 Å². The third-order valence-corrected chi connectivity index (χ3v) is 7.27. The van der Waals surface area contributed by atoms with Crippen molar-refractivity contribution in [1.82, 2.24) is 14.9 Å². The Bertz CT molecular complexity index is 883. The van der Waals surface area contributed by atoms with E-state index in [2.05, 4.69) is 47.7 Å². The maximum atomic E-state index is 12.8. The van der Waals surface area contributed by atoms with Gasteiger partial charge in [-0.25, -0.2) is 4.98 Å². The summed E-state index contributed by atoms with van der Waals surface area (Å²) in [5, 5.41) is 0. The lowest BCUT2D eigenvalue weighted by Gasteiger charge is -2.39. The summed E-state index contributed by atoms with van der Waals surface area (Å²) in [4.78, 5) is 25.6. The molecule has 0 atom stereocenters. The summed E-state index contributed by atoms with van der Waals surface area (Å²) in [5.74, 6) is 0.741. The van der Waals surface area contributed by atoms with Crippen molar-refractivity contribution >= 4 is 5.95 Å². The molecule has 1 aromatic rings. The number of H-pyrrole nitrogens is 1. The van der Waals surface area contributed by atoms with Gasteiger partial charge in [-0.3, -0.25) is 14.7 Å². The minimum absolute atomic E-state index is 0.0701. The summed E-state index contributed by atoms with van der Waals surface area (Å²) in [5.41, 5.74) is 5.05. The number of rotatable bonds is 6. The molecule has 2 saturated heterocycles. The topological polar surface area (TPSA) is 61.5 Å². The Morgan fingerprint density at radius 3 is 2.55 bits per heavy atom. The number of morpholine rings is 1. The van der Waals surface area contributed by atoms with Crippen LogP contribution >= 0.6 is 0 Å². The molecule has 0 aromatic carbocycles. The van der Waals surface area contributed by atoms with Crippen LogP contribution in [0.15, 0.2) is 28.1 Å². The molecule has 1 aromatic heterocycles. The fourth-order valence-corrected chi connectivity index (χ4v) is 5.19. The van der Waals surface area contributed by atoms with Crippen molar-refractivity contribution in [3.05, 3.63) is 44.9 Å². The largest absolute Gasteiger partial charge is 0.378 e. The van der Waals surface area contributed by atoms with Crippen LogP contribution in [-0.4, -0.2) is 60.8 Å². The highest BCUT2D eigenvalue weighted by Gasteiger charge is 2.44. The highest BCUT2D eigenvalue weighted by Crippen LogP contribution is 2.44. The second-order valence-electron chi connectivity index (χ2n) is 9.77. The number of aromatic nitrogens is 2. The van der Waals surface area contributed by atoms with Gasteiger partial charge in [0, 0.05) is 30.6 Å². The number of aromatic amines is 1. The second kappa shape index (κ2) is 9.70. The predicted molar refractivity (Wildman–Crippen MR) is 126 cm³/mol. The van der Waals surface area contributed by atoms with E-state index in [1.54, 1.807) is 0 Å². The minimum atomic E-state index is 0.0701. The first kappa shape index (κ1) is 22.3. The summed E-state index contributed by atoms with van der Waals surface area (Å²) in [7, 11) is 0. The number of fused-ring (bicyclic) bond motifs is 2. The van der Waals surface area contributed by atoms with Gasteiger partial charge >= 0.3 is 0 Å². The van der Waals surface area contributed by atoms with E-state index in [-0.39, 0.29) is 11.0 Å². The van der Waals surface area contributed by atoms with Crippen molar-refractivity contribution in [2.45, 2.75) is 64.7 Å². The average Bonchev–Trinajstić information content (AvgIpc) is 3.12. The summed E-state index contributed by atoms with van der Waals surface area (Å²) < 4.78 is 5.46. The number of allylic oxidation sites excluding steroid dienone is 3. The van der Waals surface area contributed by atoms with E-state index in [0.717, 1.165) is 88.5 Å². The smallest absolute Gasteiger partial charge is 0.255 e. The Morgan fingerprint density at radius 2 is 1.84 bits per heavy atom. The second-order valence-corrected chi connectivity index (χ2v) is 9.77. The van der Waals surface area contributed by atoms with Crippen LogP contribution in [0.25, 0.3) is 0 Å². The van der Waals surface area contributed by atoms with Crippen LogP contribution in [-0.2, 0) is 16.6 Å². The Hall–Kier alpha value is -1.92. The van der Waals surface area contributed by atoms with Gasteiger partial charge in [0.25, 0.3) is 5.56 Å². The molecule has 1 aliphatic carbocycles. The monoisotopic (exact) mass is 426 g/mol. The molecule has 6 nitrogen and oxygen atoms in total. The van der Waals surface area contributed by atoms with Gasteiger partial charge in [0.2, 0.25) is 5.95 Å².